The number of nitrogens with one attached hydrogen (secondary N) is 1. The maximum Gasteiger partial charge on any atom is 0.262 e. The van der Waals surface area contributed by atoms with Gasteiger partial charge in [0, 0.05) is 29.9 Å². The summed E-state index contributed by atoms with van der Waals surface area (Å²) in [6.45, 7) is 6.00. The van der Waals surface area contributed by atoms with E-state index in [2.05, 4.69) is 20.9 Å². The number of rotatable bonds is 5. The third kappa shape index (κ3) is 4.12. The maximum atomic E-state index is 12.5. The molecule has 140 valence electrons. The first-order valence-electron chi connectivity index (χ1n) is 9.35. The molecule has 0 bridgehead atoms. The predicted octanol–water partition coefficient (Wildman–Crippen LogP) is 1.24. The highest BCUT2D eigenvalue weighted by Crippen LogP contribution is 2.19. The number of aromatic nitrogens is 3. The van der Waals surface area contributed by atoms with Gasteiger partial charge in [0.1, 0.15) is 0 Å². The molecule has 1 fully saturated rings. The van der Waals surface area contributed by atoms with Gasteiger partial charge in [0.05, 0.1) is 44.4 Å². The molecule has 7 heteroatoms. The third-order valence-corrected chi connectivity index (χ3v) is 5.41. The van der Waals surface area contributed by atoms with E-state index in [9.17, 15) is 4.79 Å². The van der Waals surface area contributed by atoms with Crippen LogP contribution < -0.4 is 15.4 Å². The van der Waals surface area contributed by atoms with Crippen molar-refractivity contribution in [2.24, 2.45) is 0 Å². The molecule has 3 aromatic rings. The first-order valence-corrected chi connectivity index (χ1v) is 9.73. The topological polar surface area (TPSA) is 55.5 Å². The molecule has 0 unspecified atom stereocenters. The molecule has 1 aliphatic heterocycles. The van der Waals surface area contributed by atoms with Gasteiger partial charge in [0.25, 0.3) is 5.56 Å². The number of aryl methyl sites for hydroxylation is 1. The van der Waals surface area contributed by atoms with Gasteiger partial charge in [-0.2, -0.15) is 0 Å². The quantitative estimate of drug-likeness (QED) is 0.719. The van der Waals surface area contributed by atoms with E-state index in [4.69, 9.17) is 11.6 Å². The number of fused-ring (bicyclic) bond motifs is 1. The lowest BCUT2D eigenvalue weighted by Gasteiger charge is -2.33. The van der Waals surface area contributed by atoms with E-state index >= 15 is 0 Å². The minimum atomic E-state index is -0.00567. The second-order valence-corrected chi connectivity index (χ2v) is 7.37. The molecule has 6 nitrogen and oxygen atoms in total. The van der Waals surface area contributed by atoms with Crippen molar-refractivity contribution in [3.8, 4) is 0 Å². The number of benzene rings is 1. The Morgan fingerprint density at radius 1 is 1.11 bits per heavy atom. The number of hydrogen-bond donors (Lipinski definition) is 1. The Hall–Kier alpha value is -2.44. The van der Waals surface area contributed by atoms with E-state index in [1.165, 1.54) is 5.69 Å². The summed E-state index contributed by atoms with van der Waals surface area (Å²) in [5.41, 5.74) is 1.71. The average molecular weight is 385 g/mol. The zero-order chi connectivity index (χ0) is 18.6. The number of anilines is 1. The Balaban J connectivity index is 1.29. The van der Waals surface area contributed by atoms with Gasteiger partial charge < -0.3 is 9.80 Å². The second-order valence-electron chi connectivity index (χ2n) is 6.94. The fourth-order valence-electron chi connectivity index (χ4n) is 3.66. The molecule has 0 radical (unpaired) electrons. The van der Waals surface area contributed by atoms with Crippen molar-refractivity contribution in [3.05, 3.63) is 64.3 Å². The van der Waals surface area contributed by atoms with E-state index in [0.717, 1.165) is 44.2 Å². The smallest absolute Gasteiger partial charge is 0.262 e. The van der Waals surface area contributed by atoms with Gasteiger partial charge in [-0.05, 0) is 30.3 Å². The summed E-state index contributed by atoms with van der Waals surface area (Å²) in [5.74, 6) is 0. The van der Waals surface area contributed by atoms with Gasteiger partial charge >= 0.3 is 0 Å². The Morgan fingerprint density at radius 2 is 1.96 bits per heavy atom. The predicted molar refractivity (Wildman–Crippen MR) is 108 cm³/mol. The molecule has 1 saturated heterocycles. The SMILES string of the molecule is O=c1c2cccnc2ncn1CCC[NH+]1CCN(c2cccc(Cl)c2)CC1. The van der Waals surface area contributed by atoms with Gasteiger partial charge in [-0.1, -0.05) is 17.7 Å². The Labute approximate surface area is 163 Å². The number of halogens is 1. The van der Waals surface area contributed by atoms with E-state index < -0.39 is 0 Å². The van der Waals surface area contributed by atoms with Crippen LogP contribution in [0.3, 0.4) is 0 Å². The standard InChI is InChI=1S/C20H22ClN5O/c21-16-4-1-5-17(14-16)25-12-10-24(11-13-25)8-3-9-26-15-23-19-18(20(26)27)6-2-7-22-19/h1-2,4-7,14-15H,3,8-13H2/p+1. The van der Waals surface area contributed by atoms with Crippen LogP contribution in [-0.2, 0) is 6.54 Å². The largest absolute Gasteiger partial charge is 0.360 e. The minimum absolute atomic E-state index is 0.00567. The van der Waals surface area contributed by atoms with Crippen molar-refractivity contribution in [2.45, 2.75) is 13.0 Å². The fraction of sp³-hybridized carbons (Fsp3) is 0.350. The van der Waals surface area contributed by atoms with Crippen molar-refractivity contribution in [1.82, 2.24) is 14.5 Å². The Bertz CT molecular complexity index is 981. The van der Waals surface area contributed by atoms with Crippen molar-refractivity contribution < 1.29 is 4.90 Å². The summed E-state index contributed by atoms with van der Waals surface area (Å²) in [5, 5.41) is 1.37. The molecule has 1 N–H and O–H groups in total. The highest BCUT2D eigenvalue weighted by molar-refractivity contribution is 6.30. The van der Waals surface area contributed by atoms with Crippen molar-refractivity contribution in [2.75, 3.05) is 37.6 Å². The van der Waals surface area contributed by atoms with Gasteiger partial charge in [-0.15, -0.1) is 0 Å². The van der Waals surface area contributed by atoms with Crippen LogP contribution in [0.15, 0.2) is 53.7 Å². The van der Waals surface area contributed by atoms with Crippen LogP contribution in [0.5, 0.6) is 0 Å². The highest BCUT2D eigenvalue weighted by Gasteiger charge is 2.20. The molecular formula is C20H23ClN5O+. The summed E-state index contributed by atoms with van der Waals surface area (Å²) < 4.78 is 1.70. The maximum absolute atomic E-state index is 12.5. The van der Waals surface area contributed by atoms with E-state index in [1.807, 2.05) is 18.2 Å². The summed E-state index contributed by atoms with van der Waals surface area (Å²) in [7, 11) is 0. The normalized spacial score (nSPS) is 15.4. The monoisotopic (exact) mass is 384 g/mol. The molecule has 0 atom stereocenters. The van der Waals surface area contributed by atoms with Gasteiger partial charge in [0.2, 0.25) is 0 Å². The molecule has 0 spiro atoms. The number of pyridine rings is 1. The van der Waals surface area contributed by atoms with Gasteiger partial charge in [-0.25, -0.2) is 9.97 Å². The van der Waals surface area contributed by atoms with Crippen LogP contribution in [0, 0.1) is 0 Å². The Kier molecular flexibility index (Phi) is 5.36. The lowest BCUT2D eigenvalue weighted by atomic mass is 10.2. The fourth-order valence-corrected chi connectivity index (χ4v) is 3.85. The highest BCUT2D eigenvalue weighted by atomic mass is 35.5. The molecule has 1 aliphatic rings. The van der Waals surface area contributed by atoms with E-state index in [-0.39, 0.29) is 5.56 Å². The minimum Gasteiger partial charge on any atom is -0.360 e. The van der Waals surface area contributed by atoms with Crippen LogP contribution in [0.2, 0.25) is 5.02 Å². The zero-order valence-corrected chi connectivity index (χ0v) is 15.9. The van der Waals surface area contributed by atoms with Crippen LogP contribution in [0.1, 0.15) is 6.42 Å². The van der Waals surface area contributed by atoms with E-state index in [1.54, 1.807) is 34.1 Å². The van der Waals surface area contributed by atoms with Crippen molar-refractivity contribution >= 4 is 28.3 Å². The first kappa shape index (κ1) is 17.9. The summed E-state index contributed by atoms with van der Waals surface area (Å²) in [4.78, 5) is 24.9. The zero-order valence-electron chi connectivity index (χ0n) is 15.1. The molecule has 4 rings (SSSR count). The van der Waals surface area contributed by atoms with E-state index in [0.29, 0.717) is 17.6 Å². The van der Waals surface area contributed by atoms with Crippen LogP contribution in [0.4, 0.5) is 5.69 Å². The van der Waals surface area contributed by atoms with Crippen LogP contribution in [0.25, 0.3) is 11.0 Å². The molecular weight excluding hydrogens is 362 g/mol. The van der Waals surface area contributed by atoms with Gasteiger partial charge in [0.15, 0.2) is 5.65 Å². The molecule has 1 aromatic carbocycles. The lowest BCUT2D eigenvalue weighted by Crippen LogP contribution is -3.14. The summed E-state index contributed by atoms with van der Waals surface area (Å²) in [6.07, 6.45) is 4.23. The van der Waals surface area contributed by atoms with Gasteiger partial charge in [-0.3, -0.25) is 9.36 Å². The summed E-state index contributed by atoms with van der Waals surface area (Å²) >= 11 is 6.10. The first-order chi connectivity index (χ1) is 13.2. The number of hydrogen-bond acceptors (Lipinski definition) is 4. The van der Waals surface area contributed by atoms with Crippen LogP contribution in [-0.4, -0.2) is 47.3 Å². The molecule has 27 heavy (non-hydrogen) atoms. The number of piperazine rings is 1. The van der Waals surface area contributed by atoms with Crippen molar-refractivity contribution in [3.63, 3.8) is 0 Å². The lowest BCUT2D eigenvalue weighted by molar-refractivity contribution is -0.900. The molecule has 0 amide bonds. The number of nitrogens with zero attached hydrogens (tertiary/aromatic N) is 4. The molecule has 3 heterocycles. The summed E-state index contributed by atoms with van der Waals surface area (Å²) in [6, 6.07) is 11.6. The third-order valence-electron chi connectivity index (χ3n) is 5.17. The molecule has 0 aliphatic carbocycles. The van der Waals surface area contributed by atoms with Crippen LogP contribution >= 0.6 is 11.6 Å². The molecule has 0 saturated carbocycles. The molecule has 2 aromatic heterocycles. The average Bonchev–Trinajstić information content (AvgIpc) is 2.70. The number of quaternary nitrogens is 1. The Morgan fingerprint density at radius 3 is 2.78 bits per heavy atom. The van der Waals surface area contributed by atoms with Crippen molar-refractivity contribution in [1.29, 1.82) is 0 Å². The second kappa shape index (κ2) is 8.06.